The molecule has 2 nitrogen and oxygen atoms in total. The number of hydrogen-bond acceptors (Lipinski definition) is 2. The Morgan fingerprint density at radius 3 is 2.57 bits per heavy atom. The van der Waals surface area contributed by atoms with Gasteiger partial charge in [0.25, 0.3) is 0 Å². The van der Waals surface area contributed by atoms with Crippen molar-refractivity contribution in [2.45, 2.75) is 32.2 Å². The van der Waals surface area contributed by atoms with Crippen LogP contribution in [0.25, 0.3) is 0 Å². The molecular formula is C15H22BrClF2N2. The highest BCUT2D eigenvalue weighted by Gasteiger charge is 2.27. The molecule has 120 valence electrons. The van der Waals surface area contributed by atoms with Gasteiger partial charge in [0.1, 0.15) is 11.6 Å². The van der Waals surface area contributed by atoms with E-state index in [1.165, 1.54) is 12.1 Å². The molecule has 6 heteroatoms. The van der Waals surface area contributed by atoms with E-state index in [9.17, 15) is 8.78 Å². The molecule has 1 atom stereocenters. The van der Waals surface area contributed by atoms with Gasteiger partial charge in [-0.05, 0) is 34.5 Å². The first-order valence-corrected chi connectivity index (χ1v) is 8.02. The first-order valence-electron chi connectivity index (χ1n) is 7.23. The molecule has 0 aromatic heterocycles. The van der Waals surface area contributed by atoms with Crippen LogP contribution in [0.15, 0.2) is 16.6 Å². The lowest BCUT2D eigenvalue weighted by atomic mass is 9.97. The normalized spacial score (nSPS) is 17.3. The van der Waals surface area contributed by atoms with Crippen molar-refractivity contribution in [3.63, 3.8) is 0 Å². The average Bonchev–Trinajstić information content (AvgIpc) is 2.47. The number of benzene rings is 1. The molecule has 1 aromatic rings. The summed E-state index contributed by atoms with van der Waals surface area (Å²) in [6, 6.07) is 2.61. The third-order valence-electron chi connectivity index (χ3n) is 3.84. The first kappa shape index (κ1) is 18.8. The molecule has 1 heterocycles. The second kappa shape index (κ2) is 9.03. The Balaban J connectivity index is 0.00000220. The summed E-state index contributed by atoms with van der Waals surface area (Å²) in [6.07, 6.45) is 2.79. The summed E-state index contributed by atoms with van der Waals surface area (Å²) in [7, 11) is 0. The molecule has 1 N–H and O–H groups in total. The zero-order valence-corrected chi connectivity index (χ0v) is 14.6. The average molecular weight is 384 g/mol. The fourth-order valence-corrected chi connectivity index (χ4v) is 3.09. The van der Waals surface area contributed by atoms with E-state index in [1.807, 2.05) is 0 Å². The number of hydrogen-bond donors (Lipinski definition) is 1. The number of rotatable bonds is 5. The second-order valence-corrected chi connectivity index (χ2v) is 6.06. The molecule has 0 spiro atoms. The predicted molar refractivity (Wildman–Crippen MR) is 88.0 cm³/mol. The van der Waals surface area contributed by atoms with Gasteiger partial charge >= 0.3 is 0 Å². The summed E-state index contributed by atoms with van der Waals surface area (Å²) in [4.78, 5) is 2.19. The lowest BCUT2D eigenvalue weighted by Crippen LogP contribution is -2.45. The van der Waals surface area contributed by atoms with E-state index in [0.717, 1.165) is 45.4 Å². The lowest BCUT2D eigenvalue weighted by Gasteiger charge is -2.35. The van der Waals surface area contributed by atoms with Crippen molar-refractivity contribution in [2.75, 3.05) is 26.2 Å². The van der Waals surface area contributed by atoms with Gasteiger partial charge in [-0.15, -0.1) is 12.4 Å². The molecule has 0 bridgehead atoms. The minimum atomic E-state index is -0.454. The van der Waals surface area contributed by atoms with Crippen LogP contribution >= 0.6 is 28.3 Å². The summed E-state index contributed by atoms with van der Waals surface area (Å²) < 4.78 is 28.9. The summed E-state index contributed by atoms with van der Waals surface area (Å²) in [5, 5.41) is 3.28. The van der Waals surface area contributed by atoms with Crippen molar-refractivity contribution in [1.82, 2.24) is 10.2 Å². The smallest absolute Gasteiger partial charge is 0.145 e. The monoisotopic (exact) mass is 382 g/mol. The molecule has 1 aliphatic rings. The number of nitrogens with zero attached hydrogens (tertiary/aromatic N) is 1. The van der Waals surface area contributed by atoms with E-state index < -0.39 is 11.6 Å². The Morgan fingerprint density at radius 1 is 1.29 bits per heavy atom. The van der Waals surface area contributed by atoms with Crippen LogP contribution in [0.2, 0.25) is 0 Å². The number of halogens is 4. The predicted octanol–water partition coefficient (Wildman–Crippen LogP) is 4.29. The number of nitrogens with one attached hydrogen (secondary N) is 1. The van der Waals surface area contributed by atoms with Gasteiger partial charge in [-0.1, -0.05) is 19.8 Å². The zero-order valence-electron chi connectivity index (χ0n) is 12.2. The minimum absolute atomic E-state index is 0. The van der Waals surface area contributed by atoms with E-state index in [0.29, 0.717) is 4.47 Å². The maximum Gasteiger partial charge on any atom is 0.145 e. The molecule has 0 unspecified atom stereocenters. The van der Waals surface area contributed by atoms with Crippen molar-refractivity contribution in [1.29, 1.82) is 0 Å². The quantitative estimate of drug-likeness (QED) is 0.763. The van der Waals surface area contributed by atoms with E-state index >= 15 is 0 Å². The van der Waals surface area contributed by atoms with Crippen molar-refractivity contribution in [3.8, 4) is 0 Å². The van der Waals surface area contributed by atoms with E-state index in [2.05, 4.69) is 33.1 Å². The van der Waals surface area contributed by atoms with Crippen LogP contribution in [0.5, 0.6) is 0 Å². The maximum atomic E-state index is 14.4. The molecule has 2 rings (SSSR count). The van der Waals surface area contributed by atoms with Gasteiger partial charge in [-0.25, -0.2) is 8.78 Å². The van der Waals surface area contributed by atoms with Gasteiger partial charge in [-0.2, -0.15) is 0 Å². The largest absolute Gasteiger partial charge is 0.314 e. The Labute approximate surface area is 139 Å². The molecule has 1 aromatic carbocycles. The van der Waals surface area contributed by atoms with Crippen LogP contribution in [-0.2, 0) is 0 Å². The highest BCUT2D eigenvalue weighted by atomic mass is 79.9. The Morgan fingerprint density at radius 2 is 1.95 bits per heavy atom. The molecule has 0 saturated carbocycles. The van der Waals surface area contributed by atoms with Gasteiger partial charge < -0.3 is 5.32 Å². The van der Waals surface area contributed by atoms with E-state index in [4.69, 9.17) is 0 Å². The fraction of sp³-hybridized carbons (Fsp3) is 0.600. The SMILES string of the molecule is CCCC[C@H](c1c(F)ccc(Br)c1F)N1CCNCC1.Cl. The molecule has 1 aliphatic heterocycles. The summed E-state index contributed by atoms with van der Waals surface area (Å²) in [5.41, 5.74) is 0.217. The highest BCUT2D eigenvalue weighted by Crippen LogP contribution is 2.33. The van der Waals surface area contributed by atoms with Gasteiger partial charge in [-0.3, -0.25) is 4.90 Å². The Bertz CT molecular complexity index is 454. The van der Waals surface area contributed by atoms with Crippen molar-refractivity contribution < 1.29 is 8.78 Å². The van der Waals surface area contributed by atoms with Gasteiger partial charge in [0, 0.05) is 37.8 Å². The second-order valence-electron chi connectivity index (χ2n) is 5.20. The standard InChI is InChI=1S/C15H21BrF2N2.ClH/c1-2-3-4-13(20-9-7-19-8-10-20)14-12(17)6-5-11(16)15(14)18;/h5-6,13,19H,2-4,7-10H2,1H3;1H/t13-;/m1./s1. The highest BCUT2D eigenvalue weighted by molar-refractivity contribution is 9.10. The fourth-order valence-electron chi connectivity index (χ4n) is 2.75. The van der Waals surface area contributed by atoms with Crippen LogP contribution < -0.4 is 5.32 Å². The molecule has 0 radical (unpaired) electrons. The molecule has 0 aliphatic carbocycles. The Kier molecular flexibility index (Phi) is 8.09. The Hall–Kier alpha value is -0.230. The van der Waals surface area contributed by atoms with Crippen molar-refractivity contribution >= 4 is 28.3 Å². The van der Waals surface area contributed by atoms with Crippen LogP contribution in [0, 0.1) is 11.6 Å². The van der Waals surface area contributed by atoms with Crippen LogP contribution in [0.4, 0.5) is 8.78 Å². The van der Waals surface area contributed by atoms with Crippen LogP contribution in [-0.4, -0.2) is 31.1 Å². The molecule has 1 fully saturated rings. The molecular weight excluding hydrogens is 362 g/mol. The summed E-state index contributed by atoms with van der Waals surface area (Å²) in [5.74, 6) is -0.894. The maximum absolute atomic E-state index is 14.4. The van der Waals surface area contributed by atoms with Crippen molar-refractivity contribution in [2.24, 2.45) is 0 Å². The van der Waals surface area contributed by atoms with Gasteiger partial charge in [0.2, 0.25) is 0 Å². The first-order chi connectivity index (χ1) is 9.65. The van der Waals surface area contributed by atoms with Crippen molar-refractivity contribution in [3.05, 3.63) is 33.8 Å². The number of unbranched alkanes of at least 4 members (excludes halogenated alkanes) is 1. The minimum Gasteiger partial charge on any atom is -0.314 e. The zero-order chi connectivity index (χ0) is 14.5. The van der Waals surface area contributed by atoms with Gasteiger partial charge in [0.05, 0.1) is 4.47 Å². The van der Waals surface area contributed by atoms with E-state index in [-0.39, 0.29) is 24.0 Å². The third-order valence-corrected chi connectivity index (χ3v) is 4.45. The summed E-state index contributed by atoms with van der Waals surface area (Å²) >= 11 is 3.17. The van der Waals surface area contributed by atoms with Crippen LogP contribution in [0.1, 0.15) is 37.8 Å². The topological polar surface area (TPSA) is 15.3 Å². The molecule has 1 saturated heterocycles. The lowest BCUT2D eigenvalue weighted by molar-refractivity contribution is 0.156. The molecule has 21 heavy (non-hydrogen) atoms. The van der Waals surface area contributed by atoms with E-state index in [1.54, 1.807) is 0 Å². The molecule has 0 amide bonds. The number of piperazine rings is 1. The van der Waals surface area contributed by atoms with Crippen LogP contribution in [0.3, 0.4) is 0 Å². The summed E-state index contributed by atoms with van der Waals surface area (Å²) in [6.45, 7) is 5.52. The van der Waals surface area contributed by atoms with Gasteiger partial charge in [0.15, 0.2) is 0 Å². The third kappa shape index (κ3) is 4.62.